The Morgan fingerprint density at radius 1 is 0.253 bits per heavy atom. The van der Waals surface area contributed by atoms with E-state index in [1.807, 2.05) is 0 Å². The van der Waals surface area contributed by atoms with Crippen LogP contribution in [0.5, 0.6) is 0 Å². The molecule has 0 aromatic rings. The summed E-state index contributed by atoms with van der Waals surface area (Å²) in [4.78, 5) is 38.4. The monoisotopic (exact) mass is 1110 g/mol. The van der Waals surface area contributed by atoms with E-state index in [4.69, 9.17) is 14.2 Å². The molecule has 1 atom stereocenters. The van der Waals surface area contributed by atoms with Crippen LogP contribution in [0.2, 0.25) is 0 Å². The predicted octanol–water partition coefficient (Wildman–Crippen LogP) is 24.3. The summed E-state index contributed by atoms with van der Waals surface area (Å²) in [5.41, 5.74) is 0. The normalized spacial score (nSPS) is 12.2. The van der Waals surface area contributed by atoms with Crippen LogP contribution in [0.15, 0.2) is 36.5 Å². The van der Waals surface area contributed by atoms with Gasteiger partial charge in [0.15, 0.2) is 6.10 Å². The lowest BCUT2D eigenvalue weighted by Crippen LogP contribution is -2.30. The molecule has 0 heterocycles. The van der Waals surface area contributed by atoms with Gasteiger partial charge in [-0.05, 0) is 57.8 Å². The highest BCUT2D eigenvalue weighted by atomic mass is 16.6. The standard InChI is InChI=1S/C73H136O6/c1-4-7-10-13-16-19-22-25-27-29-31-33-35-36-38-39-41-43-45-48-51-54-57-60-63-66-72(75)78-69-70(68-77-71(74)65-62-59-56-53-50-47-24-21-18-15-12-9-6-3)79-73(76)67-64-61-58-55-52-49-46-44-42-40-37-34-32-30-28-26-23-20-17-14-11-8-5-2/h23,26,30,32,37,40,70H,4-22,24-25,27-29,31,33-36,38-39,41-69H2,1-3H3/b26-23-,32-30-,40-37-. The second-order valence-electron chi connectivity index (χ2n) is 24.2. The lowest BCUT2D eigenvalue weighted by atomic mass is 10.0. The maximum Gasteiger partial charge on any atom is 0.306 e. The summed E-state index contributed by atoms with van der Waals surface area (Å²) in [5.74, 6) is -0.847. The molecule has 0 spiro atoms. The van der Waals surface area contributed by atoms with Crippen LogP contribution >= 0.6 is 0 Å². The minimum Gasteiger partial charge on any atom is -0.462 e. The topological polar surface area (TPSA) is 78.9 Å². The molecular formula is C73H136O6. The van der Waals surface area contributed by atoms with Crippen LogP contribution < -0.4 is 0 Å². The van der Waals surface area contributed by atoms with E-state index in [1.54, 1.807) is 0 Å². The molecule has 0 aliphatic carbocycles. The minimum absolute atomic E-state index is 0.0694. The number of carbonyl (C=O) groups excluding carboxylic acids is 3. The lowest BCUT2D eigenvalue weighted by Gasteiger charge is -2.18. The number of unbranched alkanes of at least 4 members (excludes halogenated alkanes) is 49. The Morgan fingerprint density at radius 2 is 0.456 bits per heavy atom. The van der Waals surface area contributed by atoms with Crippen molar-refractivity contribution in [3.63, 3.8) is 0 Å². The quantitative estimate of drug-likeness (QED) is 0.0261. The second-order valence-corrected chi connectivity index (χ2v) is 24.2. The fourth-order valence-corrected chi connectivity index (χ4v) is 10.8. The van der Waals surface area contributed by atoms with E-state index >= 15 is 0 Å². The molecule has 0 bridgehead atoms. The van der Waals surface area contributed by atoms with Gasteiger partial charge in [-0.3, -0.25) is 14.4 Å². The highest BCUT2D eigenvalue weighted by Crippen LogP contribution is 2.19. The minimum atomic E-state index is -0.774. The maximum absolute atomic E-state index is 12.9. The first kappa shape index (κ1) is 76.6. The van der Waals surface area contributed by atoms with Crippen molar-refractivity contribution in [3.8, 4) is 0 Å². The molecule has 0 saturated heterocycles. The van der Waals surface area contributed by atoms with Gasteiger partial charge in [-0.2, -0.15) is 0 Å². The molecule has 6 nitrogen and oxygen atoms in total. The van der Waals surface area contributed by atoms with Gasteiger partial charge in [0.2, 0.25) is 0 Å². The smallest absolute Gasteiger partial charge is 0.306 e. The van der Waals surface area contributed by atoms with Crippen LogP contribution in [0, 0.1) is 0 Å². The van der Waals surface area contributed by atoms with Crippen molar-refractivity contribution in [1.82, 2.24) is 0 Å². The number of ether oxygens (including phenoxy) is 3. The van der Waals surface area contributed by atoms with Crippen molar-refractivity contribution in [2.45, 2.75) is 399 Å². The van der Waals surface area contributed by atoms with Crippen molar-refractivity contribution < 1.29 is 28.6 Å². The number of hydrogen-bond acceptors (Lipinski definition) is 6. The van der Waals surface area contributed by atoms with E-state index in [-0.39, 0.29) is 31.1 Å². The van der Waals surface area contributed by atoms with Crippen LogP contribution in [0.1, 0.15) is 393 Å². The van der Waals surface area contributed by atoms with Crippen molar-refractivity contribution in [3.05, 3.63) is 36.5 Å². The van der Waals surface area contributed by atoms with Gasteiger partial charge in [0.25, 0.3) is 0 Å². The molecule has 0 amide bonds. The number of hydrogen-bond donors (Lipinski definition) is 0. The molecule has 0 aliphatic rings. The average molecular weight is 1110 g/mol. The van der Waals surface area contributed by atoms with Gasteiger partial charge in [-0.25, -0.2) is 0 Å². The Morgan fingerprint density at radius 3 is 0.709 bits per heavy atom. The SMILES string of the molecule is CCCCCCC/C=C\C/C=C\C/C=C\CCCCCCCCCCC(=O)OC(COC(=O)CCCCCCCCCCCCCCC)COC(=O)CCCCCCCCCCCCCCCCCCCCCCCCCCC. The third kappa shape index (κ3) is 66.3. The number of rotatable bonds is 66. The Bertz CT molecular complexity index is 1320. The second kappa shape index (κ2) is 68.1. The molecule has 0 rings (SSSR count). The fourth-order valence-electron chi connectivity index (χ4n) is 10.8. The third-order valence-corrected chi connectivity index (χ3v) is 16.1. The molecular weight excluding hydrogens is 973 g/mol. The molecule has 0 aromatic heterocycles. The highest BCUT2D eigenvalue weighted by molar-refractivity contribution is 5.71. The zero-order chi connectivity index (χ0) is 57.1. The molecule has 0 fully saturated rings. The summed E-state index contributed by atoms with van der Waals surface area (Å²) in [6, 6.07) is 0. The third-order valence-electron chi connectivity index (χ3n) is 16.1. The van der Waals surface area contributed by atoms with Crippen molar-refractivity contribution in [2.24, 2.45) is 0 Å². The van der Waals surface area contributed by atoms with Gasteiger partial charge in [-0.15, -0.1) is 0 Å². The molecule has 1 unspecified atom stereocenters. The van der Waals surface area contributed by atoms with Gasteiger partial charge in [-0.1, -0.05) is 353 Å². The molecule has 79 heavy (non-hydrogen) atoms. The van der Waals surface area contributed by atoms with Crippen molar-refractivity contribution >= 4 is 17.9 Å². The van der Waals surface area contributed by atoms with Crippen LogP contribution in [-0.4, -0.2) is 37.2 Å². The summed E-state index contributed by atoms with van der Waals surface area (Å²) < 4.78 is 17.0. The first-order chi connectivity index (χ1) is 39.0. The number of carbonyl (C=O) groups is 3. The summed E-state index contributed by atoms with van der Waals surface area (Å²) >= 11 is 0. The maximum atomic E-state index is 12.9. The van der Waals surface area contributed by atoms with Gasteiger partial charge >= 0.3 is 17.9 Å². The van der Waals surface area contributed by atoms with E-state index in [0.717, 1.165) is 77.0 Å². The lowest BCUT2D eigenvalue weighted by molar-refractivity contribution is -0.167. The van der Waals surface area contributed by atoms with Crippen molar-refractivity contribution in [1.29, 1.82) is 0 Å². The van der Waals surface area contributed by atoms with E-state index < -0.39 is 6.10 Å². The molecule has 464 valence electrons. The van der Waals surface area contributed by atoms with Crippen molar-refractivity contribution in [2.75, 3.05) is 13.2 Å². The predicted molar refractivity (Wildman–Crippen MR) is 344 cm³/mol. The van der Waals surface area contributed by atoms with Gasteiger partial charge in [0, 0.05) is 19.3 Å². The fraction of sp³-hybridized carbons (Fsp3) is 0.877. The van der Waals surface area contributed by atoms with Gasteiger partial charge in [0.05, 0.1) is 0 Å². The molecule has 0 aromatic carbocycles. The van der Waals surface area contributed by atoms with E-state index in [0.29, 0.717) is 19.3 Å². The molecule has 6 heteroatoms. The number of esters is 3. The average Bonchev–Trinajstić information content (AvgIpc) is 3.45. The first-order valence-corrected chi connectivity index (χ1v) is 35.5. The van der Waals surface area contributed by atoms with Gasteiger partial charge in [0.1, 0.15) is 13.2 Å². The van der Waals surface area contributed by atoms with Gasteiger partial charge < -0.3 is 14.2 Å². The van der Waals surface area contributed by atoms with Crippen LogP contribution in [-0.2, 0) is 28.6 Å². The Hall–Kier alpha value is -2.37. The zero-order valence-corrected chi connectivity index (χ0v) is 53.4. The van der Waals surface area contributed by atoms with E-state index in [1.165, 1.54) is 276 Å². The van der Waals surface area contributed by atoms with Crippen LogP contribution in [0.4, 0.5) is 0 Å². The Balaban J connectivity index is 4.25. The molecule has 0 radical (unpaired) electrons. The summed E-state index contributed by atoms with van der Waals surface area (Å²) in [5, 5.41) is 0. The van der Waals surface area contributed by atoms with Crippen LogP contribution in [0.25, 0.3) is 0 Å². The summed E-state index contributed by atoms with van der Waals surface area (Å²) in [6.07, 6.45) is 84.6. The van der Waals surface area contributed by atoms with E-state index in [9.17, 15) is 14.4 Å². The summed E-state index contributed by atoms with van der Waals surface area (Å²) in [6.45, 7) is 6.70. The molecule has 0 N–H and O–H groups in total. The molecule has 0 saturated carbocycles. The summed E-state index contributed by atoms with van der Waals surface area (Å²) in [7, 11) is 0. The molecule has 0 aliphatic heterocycles. The first-order valence-electron chi connectivity index (χ1n) is 35.5. The van der Waals surface area contributed by atoms with Crippen LogP contribution in [0.3, 0.4) is 0 Å². The highest BCUT2D eigenvalue weighted by Gasteiger charge is 2.19. The number of allylic oxidation sites excluding steroid dienone is 6. The van der Waals surface area contributed by atoms with E-state index in [2.05, 4.69) is 57.2 Å². The Labute approximate surface area is 493 Å². The Kier molecular flexibility index (Phi) is 66.1. The zero-order valence-electron chi connectivity index (χ0n) is 53.4. The largest absolute Gasteiger partial charge is 0.462 e.